The van der Waals surface area contributed by atoms with Gasteiger partial charge in [0.2, 0.25) is 0 Å². The van der Waals surface area contributed by atoms with Crippen molar-refractivity contribution in [2.24, 2.45) is 5.92 Å². The molecule has 0 radical (unpaired) electrons. The first-order chi connectivity index (χ1) is 9.10. The fourth-order valence-electron chi connectivity index (χ4n) is 2.92. The third-order valence-corrected chi connectivity index (χ3v) is 4.27. The van der Waals surface area contributed by atoms with Crippen LogP contribution in [0.1, 0.15) is 32.8 Å². The predicted octanol–water partition coefficient (Wildman–Crippen LogP) is 3.84. The number of anilines is 1. The van der Waals surface area contributed by atoms with Crippen LogP contribution in [0.3, 0.4) is 0 Å². The molecule has 2 rings (SSSR count). The summed E-state index contributed by atoms with van der Waals surface area (Å²) in [6, 6.07) is 7.31. The Morgan fingerprint density at radius 3 is 2.89 bits per heavy atom. The third kappa shape index (κ3) is 3.96. The highest BCUT2D eigenvalue weighted by Gasteiger charge is 2.21. The van der Waals surface area contributed by atoms with Gasteiger partial charge in [-0.1, -0.05) is 36.7 Å². The number of hydrogen-bond acceptors (Lipinski definition) is 2. The van der Waals surface area contributed by atoms with Crippen molar-refractivity contribution in [3.63, 3.8) is 0 Å². The summed E-state index contributed by atoms with van der Waals surface area (Å²) in [5.74, 6) is 0.757. The van der Waals surface area contributed by atoms with E-state index in [4.69, 9.17) is 0 Å². The maximum Gasteiger partial charge on any atom is 0.0400 e. The molecule has 1 heterocycles. The second-order valence-corrected chi connectivity index (χ2v) is 6.77. The van der Waals surface area contributed by atoms with Crippen molar-refractivity contribution in [1.82, 2.24) is 5.32 Å². The molecule has 106 valence electrons. The molecule has 0 aliphatic carbocycles. The summed E-state index contributed by atoms with van der Waals surface area (Å²) in [4.78, 5) is 2.55. The molecule has 1 aliphatic rings. The van der Waals surface area contributed by atoms with Gasteiger partial charge in [-0.15, -0.1) is 0 Å². The van der Waals surface area contributed by atoms with Gasteiger partial charge in [-0.3, -0.25) is 0 Å². The van der Waals surface area contributed by atoms with Gasteiger partial charge >= 0.3 is 0 Å². The maximum absolute atomic E-state index is 3.65. The molecule has 1 aromatic rings. The summed E-state index contributed by atoms with van der Waals surface area (Å²) in [6.45, 7) is 10.2. The standard InChI is InChI=1S/C16H25BrN2/c1-4-13-10-14(17)5-6-16(13)19-8-7-18-15(11-19)9-12(2)3/h5-6,10,12,15,18H,4,7-9,11H2,1-3H3. The molecule has 0 spiro atoms. The van der Waals surface area contributed by atoms with Crippen LogP contribution in [0.4, 0.5) is 5.69 Å². The van der Waals surface area contributed by atoms with Gasteiger partial charge in [0.25, 0.3) is 0 Å². The van der Waals surface area contributed by atoms with Crippen LogP contribution in [0, 0.1) is 5.92 Å². The number of benzene rings is 1. The molecule has 1 unspecified atom stereocenters. The number of nitrogens with one attached hydrogen (secondary N) is 1. The van der Waals surface area contributed by atoms with Crippen LogP contribution in [0.5, 0.6) is 0 Å². The number of halogens is 1. The van der Waals surface area contributed by atoms with Crippen LogP contribution < -0.4 is 10.2 Å². The van der Waals surface area contributed by atoms with Crippen molar-refractivity contribution in [2.75, 3.05) is 24.5 Å². The first-order valence-electron chi connectivity index (χ1n) is 7.37. The van der Waals surface area contributed by atoms with Crippen molar-refractivity contribution in [3.8, 4) is 0 Å². The molecule has 19 heavy (non-hydrogen) atoms. The minimum atomic E-state index is 0.627. The van der Waals surface area contributed by atoms with E-state index in [0.717, 1.165) is 32.0 Å². The predicted molar refractivity (Wildman–Crippen MR) is 87.0 cm³/mol. The molecule has 1 aromatic carbocycles. The zero-order valence-electron chi connectivity index (χ0n) is 12.2. The summed E-state index contributed by atoms with van der Waals surface area (Å²) in [7, 11) is 0. The Morgan fingerprint density at radius 1 is 1.42 bits per heavy atom. The van der Waals surface area contributed by atoms with Crippen molar-refractivity contribution >= 4 is 21.6 Å². The molecule has 0 bridgehead atoms. The normalized spacial score (nSPS) is 20.1. The molecule has 3 heteroatoms. The van der Waals surface area contributed by atoms with Crippen LogP contribution in [-0.2, 0) is 6.42 Å². The van der Waals surface area contributed by atoms with Crippen LogP contribution in [0.25, 0.3) is 0 Å². The van der Waals surface area contributed by atoms with Crippen molar-refractivity contribution in [2.45, 2.75) is 39.7 Å². The van der Waals surface area contributed by atoms with E-state index < -0.39 is 0 Å². The number of hydrogen-bond donors (Lipinski definition) is 1. The molecule has 1 aliphatic heterocycles. The van der Waals surface area contributed by atoms with E-state index in [1.807, 2.05) is 0 Å². The lowest BCUT2D eigenvalue weighted by Crippen LogP contribution is -2.51. The lowest BCUT2D eigenvalue weighted by Gasteiger charge is -2.37. The number of rotatable bonds is 4. The Balaban J connectivity index is 2.12. The largest absolute Gasteiger partial charge is 0.368 e. The summed E-state index contributed by atoms with van der Waals surface area (Å²) >= 11 is 3.57. The van der Waals surface area contributed by atoms with E-state index in [2.05, 4.69) is 65.1 Å². The molecule has 0 aromatic heterocycles. The fraction of sp³-hybridized carbons (Fsp3) is 0.625. The molecular weight excluding hydrogens is 300 g/mol. The van der Waals surface area contributed by atoms with E-state index in [9.17, 15) is 0 Å². The minimum Gasteiger partial charge on any atom is -0.368 e. The molecule has 2 nitrogen and oxygen atoms in total. The van der Waals surface area contributed by atoms with Crippen LogP contribution in [0.15, 0.2) is 22.7 Å². The van der Waals surface area contributed by atoms with E-state index in [1.165, 1.54) is 22.1 Å². The lowest BCUT2D eigenvalue weighted by molar-refractivity contribution is 0.388. The van der Waals surface area contributed by atoms with E-state index in [0.29, 0.717) is 6.04 Å². The summed E-state index contributed by atoms with van der Waals surface area (Å²) < 4.78 is 1.18. The zero-order chi connectivity index (χ0) is 13.8. The summed E-state index contributed by atoms with van der Waals surface area (Å²) in [6.07, 6.45) is 2.35. The third-order valence-electron chi connectivity index (χ3n) is 3.77. The lowest BCUT2D eigenvalue weighted by atomic mass is 10.0. The van der Waals surface area contributed by atoms with Gasteiger partial charge in [-0.25, -0.2) is 0 Å². The molecule has 1 N–H and O–H groups in total. The Hall–Kier alpha value is -0.540. The highest BCUT2D eigenvalue weighted by atomic mass is 79.9. The maximum atomic E-state index is 3.65. The average Bonchev–Trinajstić information content (AvgIpc) is 2.38. The monoisotopic (exact) mass is 324 g/mol. The minimum absolute atomic E-state index is 0.627. The first kappa shape index (κ1) is 14.9. The van der Waals surface area contributed by atoms with Gasteiger partial charge in [0, 0.05) is 35.8 Å². The molecule has 1 fully saturated rings. The fourth-order valence-corrected chi connectivity index (χ4v) is 3.33. The Bertz CT molecular complexity index is 417. The number of piperazine rings is 1. The SMILES string of the molecule is CCc1cc(Br)ccc1N1CCNC(CC(C)C)C1. The van der Waals surface area contributed by atoms with Gasteiger partial charge in [0.05, 0.1) is 0 Å². The number of nitrogens with zero attached hydrogens (tertiary/aromatic N) is 1. The second-order valence-electron chi connectivity index (χ2n) is 5.85. The van der Waals surface area contributed by atoms with Gasteiger partial charge in [-0.05, 0) is 42.5 Å². The summed E-state index contributed by atoms with van der Waals surface area (Å²) in [5.41, 5.74) is 2.86. The van der Waals surface area contributed by atoms with Crippen LogP contribution >= 0.6 is 15.9 Å². The van der Waals surface area contributed by atoms with Crippen molar-refractivity contribution in [3.05, 3.63) is 28.2 Å². The molecule has 0 amide bonds. The second kappa shape index (κ2) is 6.76. The van der Waals surface area contributed by atoms with Gasteiger partial charge in [0.15, 0.2) is 0 Å². The average molecular weight is 325 g/mol. The first-order valence-corrected chi connectivity index (χ1v) is 8.16. The highest BCUT2D eigenvalue weighted by molar-refractivity contribution is 9.10. The molecule has 1 atom stereocenters. The number of aryl methyl sites for hydroxylation is 1. The molecule has 0 saturated carbocycles. The van der Waals surface area contributed by atoms with Gasteiger partial charge < -0.3 is 10.2 Å². The Labute approximate surface area is 125 Å². The van der Waals surface area contributed by atoms with Crippen molar-refractivity contribution < 1.29 is 0 Å². The summed E-state index contributed by atoms with van der Waals surface area (Å²) in [5, 5.41) is 3.65. The van der Waals surface area contributed by atoms with E-state index in [1.54, 1.807) is 0 Å². The smallest absolute Gasteiger partial charge is 0.0400 e. The Morgan fingerprint density at radius 2 is 2.21 bits per heavy atom. The van der Waals surface area contributed by atoms with Crippen LogP contribution in [-0.4, -0.2) is 25.7 Å². The van der Waals surface area contributed by atoms with Crippen molar-refractivity contribution in [1.29, 1.82) is 0 Å². The topological polar surface area (TPSA) is 15.3 Å². The molecular formula is C16H25BrN2. The molecule has 1 saturated heterocycles. The zero-order valence-corrected chi connectivity index (χ0v) is 13.8. The van der Waals surface area contributed by atoms with E-state index >= 15 is 0 Å². The van der Waals surface area contributed by atoms with Crippen LogP contribution in [0.2, 0.25) is 0 Å². The highest BCUT2D eigenvalue weighted by Crippen LogP contribution is 2.26. The quantitative estimate of drug-likeness (QED) is 0.905. The van der Waals surface area contributed by atoms with Gasteiger partial charge in [0.1, 0.15) is 0 Å². The van der Waals surface area contributed by atoms with Gasteiger partial charge in [-0.2, -0.15) is 0 Å². The van der Waals surface area contributed by atoms with E-state index in [-0.39, 0.29) is 0 Å². The Kier molecular flexibility index (Phi) is 5.28.